The summed E-state index contributed by atoms with van der Waals surface area (Å²) in [5.74, 6) is -0.379. The largest absolute Gasteiger partial charge is 0.506 e. The van der Waals surface area contributed by atoms with Crippen LogP contribution in [0.15, 0.2) is 60.0 Å². The van der Waals surface area contributed by atoms with Crippen LogP contribution in [-0.2, 0) is 4.74 Å². The fourth-order valence-electron chi connectivity index (χ4n) is 2.61. The van der Waals surface area contributed by atoms with Gasteiger partial charge in [-0.1, -0.05) is 6.07 Å². The minimum atomic E-state index is -0.552. The summed E-state index contributed by atoms with van der Waals surface area (Å²) < 4.78 is 5.07. The Morgan fingerprint density at radius 1 is 1.07 bits per heavy atom. The van der Waals surface area contributed by atoms with Crippen molar-refractivity contribution in [3.63, 3.8) is 0 Å². The number of carbonyl (C=O) groups is 2. The zero-order valence-corrected chi connectivity index (χ0v) is 17.5. The second-order valence-electron chi connectivity index (χ2n) is 6.80. The van der Waals surface area contributed by atoms with E-state index in [-0.39, 0.29) is 18.3 Å². The lowest BCUT2D eigenvalue weighted by atomic mass is 10.1. The van der Waals surface area contributed by atoms with Crippen molar-refractivity contribution in [2.75, 3.05) is 37.9 Å². The van der Waals surface area contributed by atoms with Gasteiger partial charge in [-0.05, 0) is 73.6 Å². The molecule has 8 heteroatoms. The normalized spacial score (nSPS) is 10.6. The predicted molar refractivity (Wildman–Crippen MR) is 119 cm³/mol. The van der Waals surface area contributed by atoms with Crippen LogP contribution in [0, 0.1) is 0 Å². The van der Waals surface area contributed by atoms with Gasteiger partial charge in [0.05, 0.1) is 5.69 Å². The van der Waals surface area contributed by atoms with E-state index < -0.39 is 6.09 Å². The summed E-state index contributed by atoms with van der Waals surface area (Å²) in [7, 11) is 3.78. The summed E-state index contributed by atoms with van der Waals surface area (Å²) in [6.07, 6.45) is -0.552. The number of aromatic hydroxyl groups is 1. The van der Waals surface area contributed by atoms with Crippen LogP contribution in [0.1, 0.15) is 10.4 Å². The molecule has 0 saturated heterocycles. The molecule has 0 radical (unpaired) electrons. The van der Waals surface area contributed by atoms with Gasteiger partial charge in [0.15, 0.2) is 0 Å². The van der Waals surface area contributed by atoms with E-state index in [9.17, 15) is 14.7 Å². The first-order chi connectivity index (χ1) is 14.4. The Morgan fingerprint density at radius 3 is 2.50 bits per heavy atom. The number of amides is 2. The maximum absolute atomic E-state index is 12.6. The fourth-order valence-corrected chi connectivity index (χ4v) is 3.33. The molecule has 0 bridgehead atoms. The van der Waals surface area contributed by atoms with Gasteiger partial charge in [-0.15, -0.1) is 11.3 Å². The first-order valence-electron chi connectivity index (χ1n) is 9.29. The van der Waals surface area contributed by atoms with Gasteiger partial charge in [-0.2, -0.15) is 0 Å². The van der Waals surface area contributed by atoms with Crippen molar-refractivity contribution in [1.29, 1.82) is 0 Å². The molecule has 3 aromatic rings. The standard InChI is InChI=1S/C22H23N3O4S/c1-25(2)11-12-29-22(28)23-17-8-5-15(6-9-17)21(27)24-18-14-16(7-10-19(18)26)20-4-3-13-30-20/h3-10,13-14,26H,11-12H2,1-2H3,(H,23,28)(H,24,27). The van der Waals surface area contributed by atoms with Crippen LogP contribution in [0.25, 0.3) is 10.4 Å². The molecule has 1 aromatic heterocycles. The van der Waals surface area contributed by atoms with Crippen molar-refractivity contribution in [3.05, 3.63) is 65.5 Å². The Morgan fingerprint density at radius 2 is 1.83 bits per heavy atom. The van der Waals surface area contributed by atoms with Crippen LogP contribution in [-0.4, -0.2) is 49.3 Å². The molecular weight excluding hydrogens is 402 g/mol. The maximum atomic E-state index is 12.6. The number of anilines is 2. The van der Waals surface area contributed by atoms with Crippen molar-refractivity contribution in [1.82, 2.24) is 4.90 Å². The van der Waals surface area contributed by atoms with Gasteiger partial charge in [-0.25, -0.2) is 4.79 Å². The average Bonchev–Trinajstić information content (AvgIpc) is 3.24. The van der Waals surface area contributed by atoms with E-state index in [1.807, 2.05) is 36.5 Å². The molecule has 1 heterocycles. The average molecular weight is 426 g/mol. The summed E-state index contributed by atoms with van der Waals surface area (Å²) in [6.45, 7) is 0.917. The number of hydrogen-bond donors (Lipinski definition) is 3. The van der Waals surface area contributed by atoms with Gasteiger partial charge >= 0.3 is 6.09 Å². The second-order valence-corrected chi connectivity index (χ2v) is 7.75. The Kier molecular flexibility index (Phi) is 7.05. The van der Waals surface area contributed by atoms with E-state index in [4.69, 9.17) is 4.74 Å². The Labute approximate surface area is 178 Å². The van der Waals surface area contributed by atoms with Crippen LogP contribution in [0.4, 0.5) is 16.2 Å². The van der Waals surface area contributed by atoms with Crippen LogP contribution in [0.5, 0.6) is 5.75 Å². The number of carbonyl (C=O) groups excluding carboxylic acids is 2. The van der Waals surface area contributed by atoms with Gasteiger partial charge < -0.3 is 20.1 Å². The number of thiophene rings is 1. The lowest BCUT2D eigenvalue weighted by Gasteiger charge is -2.11. The molecule has 0 fully saturated rings. The molecule has 0 aliphatic rings. The number of nitrogens with zero attached hydrogens (tertiary/aromatic N) is 1. The molecule has 0 atom stereocenters. The molecule has 2 amide bonds. The number of hydrogen-bond acceptors (Lipinski definition) is 6. The van der Waals surface area contributed by atoms with Gasteiger partial charge in [-0.3, -0.25) is 10.1 Å². The second kappa shape index (κ2) is 9.91. The topological polar surface area (TPSA) is 90.9 Å². The molecule has 3 N–H and O–H groups in total. The van der Waals surface area contributed by atoms with Crippen molar-refractivity contribution >= 4 is 34.7 Å². The first-order valence-corrected chi connectivity index (χ1v) is 10.2. The number of nitrogens with one attached hydrogen (secondary N) is 2. The molecule has 0 saturated carbocycles. The summed E-state index contributed by atoms with van der Waals surface area (Å²) >= 11 is 1.58. The minimum absolute atomic E-state index is 0.0117. The van der Waals surface area contributed by atoms with Gasteiger partial charge in [0.1, 0.15) is 12.4 Å². The minimum Gasteiger partial charge on any atom is -0.506 e. The highest BCUT2D eigenvalue weighted by molar-refractivity contribution is 7.13. The van der Waals surface area contributed by atoms with E-state index in [2.05, 4.69) is 10.6 Å². The number of likely N-dealkylation sites (N-methyl/N-ethyl adjacent to an activating group) is 1. The van der Waals surface area contributed by atoms with Crippen LogP contribution < -0.4 is 10.6 Å². The fraction of sp³-hybridized carbons (Fsp3) is 0.182. The zero-order valence-electron chi connectivity index (χ0n) is 16.7. The first kappa shape index (κ1) is 21.4. The Hall–Kier alpha value is -3.36. The van der Waals surface area contributed by atoms with Crippen molar-refractivity contribution in [2.24, 2.45) is 0 Å². The third kappa shape index (κ3) is 5.82. The molecule has 0 aliphatic heterocycles. The Balaban J connectivity index is 1.61. The molecule has 0 aliphatic carbocycles. The zero-order chi connectivity index (χ0) is 21.5. The molecular formula is C22H23N3O4S. The SMILES string of the molecule is CN(C)CCOC(=O)Nc1ccc(C(=O)Nc2cc(-c3cccs3)ccc2O)cc1. The Bertz CT molecular complexity index is 1000. The number of benzene rings is 2. The highest BCUT2D eigenvalue weighted by Gasteiger charge is 2.11. The number of phenols is 1. The molecule has 156 valence electrons. The third-order valence-corrected chi connectivity index (χ3v) is 5.13. The molecule has 7 nitrogen and oxygen atoms in total. The van der Waals surface area contributed by atoms with E-state index in [1.165, 1.54) is 0 Å². The lowest BCUT2D eigenvalue weighted by molar-refractivity contribution is 0.102. The van der Waals surface area contributed by atoms with Crippen LogP contribution in [0.2, 0.25) is 0 Å². The van der Waals surface area contributed by atoms with Gasteiger partial charge in [0.25, 0.3) is 5.91 Å². The monoisotopic (exact) mass is 425 g/mol. The summed E-state index contributed by atoms with van der Waals surface area (Å²) in [5.41, 5.74) is 2.15. The smallest absolute Gasteiger partial charge is 0.411 e. The lowest BCUT2D eigenvalue weighted by Crippen LogP contribution is -2.22. The van der Waals surface area contributed by atoms with Crippen molar-refractivity contribution in [2.45, 2.75) is 0 Å². The molecule has 3 rings (SSSR count). The van der Waals surface area contributed by atoms with Crippen molar-refractivity contribution < 1.29 is 19.4 Å². The quantitative estimate of drug-likeness (QED) is 0.486. The number of rotatable bonds is 7. The van der Waals surface area contributed by atoms with Gasteiger partial charge in [0.2, 0.25) is 0 Å². The van der Waals surface area contributed by atoms with Crippen molar-refractivity contribution in [3.8, 4) is 16.2 Å². The van der Waals surface area contributed by atoms with E-state index in [0.29, 0.717) is 23.5 Å². The van der Waals surface area contributed by atoms with E-state index in [0.717, 1.165) is 10.4 Å². The van der Waals surface area contributed by atoms with Crippen LogP contribution >= 0.6 is 11.3 Å². The summed E-state index contributed by atoms with van der Waals surface area (Å²) in [5, 5.41) is 17.4. The van der Waals surface area contributed by atoms with Crippen LogP contribution in [0.3, 0.4) is 0 Å². The molecule has 0 spiro atoms. The third-order valence-electron chi connectivity index (χ3n) is 4.22. The molecule has 30 heavy (non-hydrogen) atoms. The van der Waals surface area contributed by atoms with Gasteiger partial charge in [0, 0.05) is 22.7 Å². The number of phenolic OH excluding ortho intramolecular Hbond substituents is 1. The van der Waals surface area contributed by atoms with E-state index >= 15 is 0 Å². The number of ether oxygens (including phenoxy) is 1. The summed E-state index contributed by atoms with van der Waals surface area (Å²) in [6, 6.07) is 15.4. The summed E-state index contributed by atoms with van der Waals surface area (Å²) in [4.78, 5) is 27.3. The predicted octanol–water partition coefficient (Wildman–Crippen LogP) is 4.48. The highest BCUT2D eigenvalue weighted by Crippen LogP contribution is 2.32. The maximum Gasteiger partial charge on any atom is 0.411 e. The molecule has 2 aromatic carbocycles. The van der Waals surface area contributed by atoms with E-state index in [1.54, 1.807) is 53.8 Å². The highest BCUT2D eigenvalue weighted by atomic mass is 32.1. The molecule has 0 unspecified atom stereocenters.